The summed E-state index contributed by atoms with van der Waals surface area (Å²) in [5.74, 6) is -1.07. The second-order valence-corrected chi connectivity index (χ2v) is 4.76. The van der Waals surface area contributed by atoms with E-state index in [0.29, 0.717) is 12.0 Å². The Morgan fingerprint density at radius 3 is 1.96 bits per heavy atom. The van der Waals surface area contributed by atoms with E-state index in [1.54, 1.807) is 0 Å². The molecular formula is C19H34O4. The van der Waals surface area contributed by atoms with Crippen LogP contribution >= 0.6 is 0 Å². The van der Waals surface area contributed by atoms with Gasteiger partial charge in [-0.3, -0.25) is 4.79 Å². The lowest BCUT2D eigenvalue weighted by Gasteiger charge is -2.00. The number of hydrogen-bond donors (Lipinski definition) is 1. The number of carbonyl (C=O) groups excluding carboxylic acids is 1. The molecule has 0 heterocycles. The highest BCUT2D eigenvalue weighted by molar-refractivity contribution is 5.86. The zero-order chi connectivity index (χ0) is 18.5. The Morgan fingerprint density at radius 1 is 1.04 bits per heavy atom. The minimum absolute atomic E-state index is 0.329. The summed E-state index contributed by atoms with van der Waals surface area (Å²) in [6, 6.07) is 0. The lowest BCUT2D eigenvalue weighted by atomic mass is 10.1. The molecule has 23 heavy (non-hydrogen) atoms. The van der Waals surface area contributed by atoms with Gasteiger partial charge in [-0.1, -0.05) is 58.6 Å². The molecule has 0 unspecified atom stereocenters. The molecule has 0 aliphatic carbocycles. The van der Waals surface area contributed by atoms with Crippen molar-refractivity contribution in [3.63, 3.8) is 0 Å². The van der Waals surface area contributed by atoms with Crippen molar-refractivity contribution in [3.8, 4) is 0 Å². The van der Waals surface area contributed by atoms with Crippen molar-refractivity contribution in [1.82, 2.24) is 0 Å². The van der Waals surface area contributed by atoms with E-state index in [2.05, 4.69) is 31.4 Å². The number of carboxylic acid groups (broad SMARTS) is 1. The smallest absolute Gasteiger partial charge is 0.331 e. The number of hydrogen-bond acceptors (Lipinski definition) is 3. The van der Waals surface area contributed by atoms with Gasteiger partial charge < -0.3 is 9.84 Å². The van der Waals surface area contributed by atoms with Gasteiger partial charge in [-0.2, -0.15) is 0 Å². The molecule has 0 aromatic carbocycles. The SMILES string of the molecule is C=C.C=COC(C)=O.CCCCCCC/C=C(\CCC)C(=O)O. The average Bonchev–Trinajstić information content (AvgIpc) is 2.52. The summed E-state index contributed by atoms with van der Waals surface area (Å²) in [6.07, 6.45) is 11.7. The molecule has 0 aromatic rings. The number of allylic oxidation sites excluding steroid dienone is 1. The van der Waals surface area contributed by atoms with Gasteiger partial charge >= 0.3 is 11.9 Å². The van der Waals surface area contributed by atoms with E-state index in [4.69, 9.17) is 5.11 Å². The van der Waals surface area contributed by atoms with Crippen molar-refractivity contribution in [2.45, 2.75) is 72.1 Å². The molecule has 0 aliphatic heterocycles. The lowest BCUT2D eigenvalue weighted by Crippen LogP contribution is -2.00. The summed E-state index contributed by atoms with van der Waals surface area (Å²) >= 11 is 0. The van der Waals surface area contributed by atoms with Crippen LogP contribution in [0.15, 0.2) is 37.6 Å². The van der Waals surface area contributed by atoms with E-state index in [-0.39, 0.29) is 5.97 Å². The van der Waals surface area contributed by atoms with Crippen molar-refractivity contribution in [3.05, 3.63) is 37.6 Å². The molecule has 1 N–H and O–H groups in total. The number of ether oxygens (including phenoxy) is 1. The van der Waals surface area contributed by atoms with E-state index in [1.807, 2.05) is 13.0 Å². The Hall–Kier alpha value is -1.84. The predicted octanol–water partition coefficient (Wildman–Crippen LogP) is 5.65. The van der Waals surface area contributed by atoms with Gasteiger partial charge in [0.1, 0.15) is 0 Å². The summed E-state index contributed by atoms with van der Waals surface area (Å²) in [5.41, 5.74) is 0.591. The van der Waals surface area contributed by atoms with Gasteiger partial charge in [0, 0.05) is 12.5 Å². The fourth-order valence-corrected chi connectivity index (χ4v) is 1.71. The van der Waals surface area contributed by atoms with E-state index in [0.717, 1.165) is 25.5 Å². The Labute approximate surface area is 141 Å². The van der Waals surface area contributed by atoms with Crippen LogP contribution in [-0.2, 0) is 14.3 Å². The first-order valence-corrected chi connectivity index (χ1v) is 8.19. The Morgan fingerprint density at radius 2 is 1.61 bits per heavy atom. The first kappa shape index (κ1) is 26.1. The Bertz CT molecular complexity index is 332. The average molecular weight is 326 g/mol. The highest BCUT2D eigenvalue weighted by Crippen LogP contribution is 2.10. The highest BCUT2D eigenvalue weighted by atomic mass is 16.5. The molecule has 0 radical (unpaired) electrons. The number of esters is 1. The first-order valence-electron chi connectivity index (χ1n) is 8.19. The highest BCUT2D eigenvalue weighted by Gasteiger charge is 2.04. The van der Waals surface area contributed by atoms with E-state index in [1.165, 1.54) is 32.6 Å². The number of carbonyl (C=O) groups is 2. The fraction of sp³-hybridized carbons (Fsp3) is 0.579. The molecule has 134 valence electrons. The van der Waals surface area contributed by atoms with E-state index in [9.17, 15) is 9.59 Å². The summed E-state index contributed by atoms with van der Waals surface area (Å²) in [6.45, 7) is 14.7. The van der Waals surface area contributed by atoms with Crippen LogP contribution in [0.5, 0.6) is 0 Å². The third kappa shape index (κ3) is 25.5. The van der Waals surface area contributed by atoms with Crippen LogP contribution in [0, 0.1) is 0 Å². The zero-order valence-corrected chi connectivity index (χ0v) is 15.1. The Balaban J connectivity index is -0.000000418. The molecule has 0 saturated heterocycles. The van der Waals surface area contributed by atoms with Gasteiger partial charge in [-0.15, -0.1) is 13.2 Å². The van der Waals surface area contributed by atoms with E-state index < -0.39 is 5.97 Å². The largest absolute Gasteiger partial charge is 0.478 e. The molecular weight excluding hydrogens is 292 g/mol. The molecule has 0 aliphatic rings. The quantitative estimate of drug-likeness (QED) is 0.185. The number of carboxylic acids is 1. The third-order valence-corrected chi connectivity index (χ3v) is 2.74. The van der Waals surface area contributed by atoms with E-state index >= 15 is 0 Å². The standard InChI is InChI=1S/C13H24O2.C4H6O2.C2H4/c1-3-5-6-7-8-9-11-12(10-4-2)13(14)15;1-3-6-4(2)5;1-2/h11H,3-10H2,1-2H3,(H,14,15);3H,1H2,2H3;1-2H2/b12-11+;;. The van der Waals surface area contributed by atoms with Crippen LogP contribution < -0.4 is 0 Å². The first-order chi connectivity index (χ1) is 11.0. The molecule has 0 rings (SSSR count). The second kappa shape index (κ2) is 22.4. The van der Waals surface area contributed by atoms with Crippen molar-refractivity contribution in [2.24, 2.45) is 0 Å². The van der Waals surface area contributed by atoms with Crippen molar-refractivity contribution in [1.29, 1.82) is 0 Å². The van der Waals surface area contributed by atoms with Gasteiger partial charge in [0.25, 0.3) is 0 Å². The Kier molecular flexibility index (Phi) is 25.4. The van der Waals surface area contributed by atoms with Crippen LogP contribution in [0.25, 0.3) is 0 Å². The summed E-state index contributed by atoms with van der Waals surface area (Å²) in [5, 5.41) is 8.88. The van der Waals surface area contributed by atoms with Gasteiger partial charge in [-0.05, 0) is 19.3 Å². The number of aliphatic carboxylic acids is 1. The van der Waals surface area contributed by atoms with Gasteiger partial charge in [0.05, 0.1) is 6.26 Å². The maximum Gasteiger partial charge on any atom is 0.331 e. The molecule has 0 fully saturated rings. The van der Waals surface area contributed by atoms with Crippen LogP contribution in [0.2, 0.25) is 0 Å². The minimum atomic E-state index is -0.745. The van der Waals surface area contributed by atoms with Crippen molar-refractivity contribution in [2.75, 3.05) is 0 Å². The van der Waals surface area contributed by atoms with Crippen LogP contribution in [0.4, 0.5) is 0 Å². The second-order valence-electron chi connectivity index (χ2n) is 4.76. The monoisotopic (exact) mass is 326 g/mol. The molecule has 0 bridgehead atoms. The fourth-order valence-electron chi connectivity index (χ4n) is 1.71. The van der Waals surface area contributed by atoms with Crippen molar-refractivity contribution < 1.29 is 19.4 Å². The minimum Gasteiger partial charge on any atom is -0.478 e. The molecule has 0 spiro atoms. The van der Waals surface area contributed by atoms with Crippen LogP contribution in [0.3, 0.4) is 0 Å². The summed E-state index contributed by atoms with van der Waals surface area (Å²) in [4.78, 5) is 20.5. The molecule has 0 amide bonds. The summed E-state index contributed by atoms with van der Waals surface area (Å²) < 4.78 is 4.17. The predicted molar refractivity (Wildman–Crippen MR) is 97.2 cm³/mol. The summed E-state index contributed by atoms with van der Waals surface area (Å²) in [7, 11) is 0. The number of unbranched alkanes of at least 4 members (excludes halogenated alkanes) is 5. The number of rotatable bonds is 10. The normalized spacial score (nSPS) is 9.61. The molecule has 4 nitrogen and oxygen atoms in total. The van der Waals surface area contributed by atoms with Gasteiger partial charge in [0.2, 0.25) is 0 Å². The van der Waals surface area contributed by atoms with Crippen LogP contribution in [-0.4, -0.2) is 17.0 Å². The maximum atomic E-state index is 10.8. The maximum absolute atomic E-state index is 10.8. The van der Waals surface area contributed by atoms with Crippen LogP contribution in [0.1, 0.15) is 72.1 Å². The zero-order valence-electron chi connectivity index (χ0n) is 15.1. The van der Waals surface area contributed by atoms with Gasteiger partial charge in [0.15, 0.2) is 0 Å². The van der Waals surface area contributed by atoms with Gasteiger partial charge in [-0.25, -0.2) is 4.79 Å². The topological polar surface area (TPSA) is 63.6 Å². The third-order valence-electron chi connectivity index (χ3n) is 2.74. The van der Waals surface area contributed by atoms with Crippen molar-refractivity contribution >= 4 is 11.9 Å². The molecule has 0 atom stereocenters. The molecule has 0 saturated carbocycles. The lowest BCUT2D eigenvalue weighted by molar-refractivity contribution is -0.135. The molecule has 4 heteroatoms. The molecule has 0 aromatic heterocycles.